The molecule has 0 aliphatic rings. The number of hydrogen-bond acceptors (Lipinski definition) is 8. The molecule has 13 heteroatoms. The smallest absolute Gasteiger partial charge is 0.410 e. The average molecular weight is 533 g/mol. The highest BCUT2D eigenvalue weighted by molar-refractivity contribution is 5.85. The molecule has 3 N–H and O–H groups in total. The van der Waals surface area contributed by atoms with Crippen LogP contribution in [-0.4, -0.2) is 63.0 Å². The van der Waals surface area contributed by atoms with Gasteiger partial charge in [-0.1, -0.05) is 6.07 Å². The molecule has 0 aliphatic heterocycles. The van der Waals surface area contributed by atoms with Gasteiger partial charge in [0, 0.05) is 13.1 Å². The number of benzene rings is 1. The maximum absolute atomic E-state index is 13.6. The van der Waals surface area contributed by atoms with Gasteiger partial charge in [-0.15, -0.1) is 10.2 Å². The zero-order valence-corrected chi connectivity index (χ0v) is 21.5. The number of nitrogens with zero attached hydrogens (tertiary/aromatic N) is 4. The molecule has 2 heterocycles. The summed E-state index contributed by atoms with van der Waals surface area (Å²) < 4.78 is 39.7. The Bertz CT molecular complexity index is 1300. The number of ether oxygens (including phenoxy) is 2. The number of halogens is 2. The van der Waals surface area contributed by atoms with E-state index in [1.54, 1.807) is 22.6 Å². The lowest BCUT2D eigenvalue weighted by Gasteiger charge is -2.24. The maximum Gasteiger partial charge on any atom is 0.410 e. The molecule has 11 nitrogen and oxygen atoms in total. The minimum absolute atomic E-state index is 0.101. The minimum Gasteiger partial charge on any atom is -0.443 e. The predicted molar refractivity (Wildman–Crippen MR) is 132 cm³/mol. The number of nitrogens with one attached hydrogen (secondary N) is 1. The van der Waals surface area contributed by atoms with Crippen LogP contribution in [0.1, 0.15) is 43.9 Å². The van der Waals surface area contributed by atoms with Crippen LogP contribution in [0.5, 0.6) is 0 Å². The monoisotopic (exact) mass is 532 g/mol. The van der Waals surface area contributed by atoms with Gasteiger partial charge in [-0.05, 0) is 50.6 Å². The quantitative estimate of drug-likeness (QED) is 0.383. The number of ketones is 1. The van der Waals surface area contributed by atoms with Crippen molar-refractivity contribution in [3.8, 4) is 0 Å². The number of rotatable bonds is 11. The van der Waals surface area contributed by atoms with E-state index in [0.717, 1.165) is 23.1 Å². The standard InChI is InChI=1S/C25H30F2N6O5/c1-15(34)11-32(4)24(36)38-13-19-6-5-7-21-30-31-22(33(19)21)20(29-23(35)25(2,3)28)14-37-12-16-8-17(26)10-18(27)9-16/h5-10,20H,11-14,28H2,1-4H3,(H,29,35)/t20-/m1/s1. The van der Waals surface area contributed by atoms with Crippen molar-refractivity contribution < 1.29 is 32.6 Å². The lowest BCUT2D eigenvalue weighted by atomic mass is 10.1. The molecule has 0 unspecified atom stereocenters. The number of Topliss-reactive ketones (excluding diaryl/α,β-unsaturated/α-hetero) is 1. The Kier molecular flexibility index (Phi) is 9.07. The summed E-state index contributed by atoms with van der Waals surface area (Å²) in [7, 11) is 1.44. The van der Waals surface area contributed by atoms with Crippen LogP contribution in [0.3, 0.4) is 0 Å². The highest BCUT2D eigenvalue weighted by Gasteiger charge is 2.28. The van der Waals surface area contributed by atoms with Gasteiger partial charge < -0.3 is 25.4 Å². The molecule has 0 fully saturated rings. The second kappa shape index (κ2) is 12.0. The van der Waals surface area contributed by atoms with Crippen molar-refractivity contribution in [2.75, 3.05) is 20.2 Å². The first-order chi connectivity index (χ1) is 17.8. The van der Waals surface area contributed by atoms with Gasteiger partial charge in [0.15, 0.2) is 11.5 Å². The maximum atomic E-state index is 13.6. The SMILES string of the molecule is CC(=O)CN(C)C(=O)OCc1cccc2nnc([C@@H](COCc3cc(F)cc(F)c3)NC(=O)C(C)(C)N)n12. The minimum atomic E-state index is -1.23. The van der Waals surface area contributed by atoms with Crippen molar-refractivity contribution in [1.82, 2.24) is 24.8 Å². The van der Waals surface area contributed by atoms with Crippen molar-refractivity contribution in [1.29, 1.82) is 0 Å². The van der Waals surface area contributed by atoms with E-state index in [1.165, 1.54) is 27.8 Å². The molecule has 1 atom stereocenters. The normalized spacial score (nSPS) is 12.3. The second-order valence-electron chi connectivity index (χ2n) is 9.42. The number of hydrogen-bond donors (Lipinski definition) is 2. The Hall–Kier alpha value is -3.97. The number of likely N-dealkylation sites (N-methyl/N-ethyl adjacent to an activating group) is 1. The zero-order chi connectivity index (χ0) is 28.0. The Morgan fingerprint density at radius 1 is 1.13 bits per heavy atom. The number of carbonyl (C=O) groups is 3. The summed E-state index contributed by atoms with van der Waals surface area (Å²) in [6, 6.07) is 7.21. The van der Waals surface area contributed by atoms with Crippen LogP contribution in [0.25, 0.3) is 5.65 Å². The first-order valence-corrected chi connectivity index (χ1v) is 11.7. The van der Waals surface area contributed by atoms with Crippen LogP contribution < -0.4 is 11.1 Å². The Labute approximate surface area is 217 Å². The van der Waals surface area contributed by atoms with Gasteiger partial charge >= 0.3 is 6.09 Å². The van der Waals surface area contributed by atoms with Crippen LogP contribution >= 0.6 is 0 Å². The van der Waals surface area contributed by atoms with Crippen LogP contribution in [-0.2, 0) is 32.3 Å². The molecule has 204 valence electrons. The summed E-state index contributed by atoms with van der Waals surface area (Å²) in [6.07, 6.45) is -0.702. The lowest BCUT2D eigenvalue weighted by Crippen LogP contribution is -2.51. The zero-order valence-electron chi connectivity index (χ0n) is 21.5. The molecule has 1 aromatic carbocycles. The average Bonchev–Trinajstić information content (AvgIpc) is 3.25. The number of aromatic nitrogens is 3. The third kappa shape index (κ3) is 7.52. The first-order valence-electron chi connectivity index (χ1n) is 11.7. The first kappa shape index (κ1) is 28.6. The van der Waals surface area contributed by atoms with E-state index in [-0.39, 0.29) is 43.5 Å². The molecule has 0 saturated carbocycles. The van der Waals surface area contributed by atoms with Gasteiger partial charge in [0.2, 0.25) is 5.91 Å². The van der Waals surface area contributed by atoms with Crippen molar-refractivity contribution in [2.24, 2.45) is 5.73 Å². The fourth-order valence-electron chi connectivity index (χ4n) is 3.53. The van der Waals surface area contributed by atoms with E-state index in [1.807, 2.05) is 0 Å². The Morgan fingerprint density at radius 2 is 1.82 bits per heavy atom. The van der Waals surface area contributed by atoms with Crippen LogP contribution in [0, 0.1) is 11.6 Å². The summed E-state index contributed by atoms with van der Waals surface area (Å²) >= 11 is 0. The molecule has 3 rings (SSSR count). The summed E-state index contributed by atoms with van der Waals surface area (Å²) in [5, 5.41) is 11.1. The molecule has 38 heavy (non-hydrogen) atoms. The van der Waals surface area contributed by atoms with E-state index in [0.29, 0.717) is 11.3 Å². The molecule has 3 aromatic rings. The van der Waals surface area contributed by atoms with E-state index in [4.69, 9.17) is 15.2 Å². The fraction of sp³-hybridized carbons (Fsp3) is 0.400. The summed E-state index contributed by atoms with van der Waals surface area (Å²) in [5.41, 5.74) is 5.87. The van der Waals surface area contributed by atoms with E-state index in [9.17, 15) is 23.2 Å². The van der Waals surface area contributed by atoms with Crippen molar-refractivity contribution >= 4 is 23.4 Å². The fourth-order valence-corrected chi connectivity index (χ4v) is 3.53. The molecule has 0 spiro atoms. The molecule has 0 radical (unpaired) electrons. The molecule has 2 amide bonds. The lowest BCUT2D eigenvalue weighted by molar-refractivity contribution is -0.126. The highest BCUT2D eigenvalue weighted by atomic mass is 19.1. The van der Waals surface area contributed by atoms with Crippen molar-refractivity contribution in [2.45, 2.75) is 45.6 Å². The Balaban J connectivity index is 1.86. The summed E-state index contributed by atoms with van der Waals surface area (Å²) in [4.78, 5) is 37.5. The number of pyridine rings is 1. The Morgan fingerprint density at radius 3 is 2.45 bits per heavy atom. The topological polar surface area (TPSA) is 141 Å². The summed E-state index contributed by atoms with van der Waals surface area (Å²) in [5.74, 6) is -1.93. The number of nitrogens with two attached hydrogens (primary N) is 1. The molecular formula is C25H30F2N6O5. The van der Waals surface area contributed by atoms with Gasteiger partial charge in [0.05, 0.1) is 31.0 Å². The number of fused-ring (bicyclic) bond motifs is 1. The molecule has 0 saturated heterocycles. The van der Waals surface area contributed by atoms with Gasteiger partial charge in [0.25, 0.3) is 0 Å². The molecular weight excluding hydrogens is 502 g/mol. The van der Waals surface area contributed by atoms with Crippen LogP contribution in [0.2, 0.25) is 0 Å². The largest absolute Gasteiger partial charge is 0.443 e. The van der Waals surface area contributed by atoms with E-state index in [2.05, 4.69) is 15.5 Å². The highest BCUT2D eigenvalue weighted by Crippen LogP contribution is 2.19. The van der Waals surface area contributed by atoms with Gasteiger partial charge in [-0.25, -0.2) is 13.6 Å². The molecule has 0 bridgehead atoms. The van der Waals surface area contributed by atoms with Gasteiger partial charge in [-0.2, -0.15) is 0 Å². The van der Waals surface area contributed by atoms with E-state index < -0.39 is 35.2 Å². The third-order valence-corrected chi connectivity index (χ3v) is 5.33. The third-order valence-electron chi connectivity index (χ3n) is 5.33. The molecule has 0 aliphatic carbocycles. The number of amides is 2. The second-order valence-corrected chi connectivity index (χ2v) is 9.42. The number of carbonyl (C=O) groups excluding carboxylic acids is 3. The van der Waals surface area contributed by atoms with Gasteiger partial charge in [0.1, 0.15) is 30.1 Å². The van der Waals surface area contributed by atoms with Gasteiger partial charge in [-0.3, -0.25) is 14.0 Å². The predicted octanol–water partition coefficient (Wildman–Crippen LogP) is 2.28. The summed E-state index contributed by atoms with van der Waals surface area (Å²) in [6.45, 7) is 3.84. The van der Waals surface area contributed by atoms with Crippen molar-refractivity contribution in [3.63, 3.8) is 0 Å². The molecule has 2 aromatic heterocycles. The van der Waals surface area contributed by atoms with Crippen molar-refractivity contribution in [3.05, 3.63) is 65.1 Å². The van der Waals surface area contributed by atoms with Crippen LogP contribution in [0.15, 0.2) is 36.4 Å². The van der Waals surface area contributed by atoms with E-state index >= 15 is 0 Å². The van der Waals surface area contributed by atoms with Crippen LogP contribution in [0.4, 0.5) is 13.6 Å².